The third-order valence-electron chi connectivity index (χ3n) is 3.90. The molecule has 0 rings (SSSR count). The lowest BCUT2D eigenvalue weighted by Gasteiger charge is -2.13. The summed E-state index contributed by atoms with van der Waals surface area (Å²) >= 11 is 0. The van der Waals surface area contributed by atoms with Crippen molar-refractivity contribution in [2.45, 2.75) is 97.0 Å². The second-order valence-corrected chi connectivity index (χ2v) is 6.03. The van der Waals surface area contributed by atoms with Gasteiger partial charge in [-0.1, -0.05) is 77.7 Å². The van der Waals surface area contributed by atoms with Crippen LogP contribution >= 0.6 is 0 Å². The summed E-state index contributed by atoms with van der Waals surface area (Å²) in [6.45, 7) is 7.03. The fourth-order valence-corrected chi connectivity index (χ4v) is 2.58. The molecule has 0 aromatic rings. The molecule has 0 bridgehead atoms. The molecule has 22 heavy (non-hydrogen) atoms. The summed E-state index contributed by atoms with van der Waals surface area (Å²) in [5.74, 6) is -0.592. The number of ether oxygens (including phenoxy) is 1. The van der Waals surface area contributed by atoms with Gasteiger partial charge >= 0.3 is 5.97 Å². The Morgan fingerprint density at radius 2 is 1.36 bits per heavy atom. The number of ketones is 1. The molecule has 0 spiro atoms. The summed E-state index contributed by atoms with van der Waals surface area (Å²) in [4.78, 5) is 22.5. The third-order valence-corrected chi connectivity index (χ3v) is 3.90. The molecule has 0 aliphatic rings. The smallest absolute Gasteiger partial charge is 0.303 e. The maximum absolute atomic E-state index is 11.6. The van der Waals surface area contributed by atoms with E-state index in [2.05, 4.69) is 13.5 Å². The Bertz CT molecular complexity index is 310. The van der Waals surface area contributed by atoms with Crippen molar-refractivity contribution in [1.29, 1.82) is 0 Å². The van der Waals surface area contributed by atoms with Crippen LogP contribution in [0.5, 0.6) is 0 Å². The lowest BCUT2D eigenvalue weighted by atomic mass is 10.0. The minimum absolute atomic E-state index is 0.192. The topological polar surface area (TPSA) is 43.4 Å². The van der Waals surface area contributed by atoms with Crippen LogP contribution in [0.4, 0.5) is 0 Å². The molecule has 0 aliphatic heterocycles. The first-order valence-electron chi connectivity index (χ1n) is 8.95. The van der Waals surface area contributed by atoms with Crippen molar-refractivity contribution in [3.8, 4) is 0 Å². The third kappa shape index (κ3) is 12.6. The Balaban J connectivity index is 3.51. The highest BCUT2D eigenvalue weighted by molar-refractivity contribution is 5.94. The van der Waals surface area contributed by atoms with E-state index >= 15 is 0 Å². The Kier molecular flexibility index (Phi) is 14.0. The van der Waals surface area contributed by atoms with Crippen molar-refractivity contribution in [2.24, 2.45) is 0 Å². The van der Waals surface area contributed by atoms with Crippen LogP contribution in [0.2, 0.25) is 0 Å². The minimum Gasteiger partial charge on any atom is -0.454 e. The zero-order valence-corrected chi connectivity index (χ0v) is 14.6. The van der Waals surface area contributed by atoms with E-state index in [1.165, 1.54) is 70.8 Å². The fraction of sp³-hybridized carbons (Fsp3) is 0.789. The van der Waals surface area contributed by atoms with Gasteiger partial charge in [-0.05, 0) is 18.9 Å². The molecule has 1 atom stereocenters. The lowest BCUT2D eigenvalue weighted by Crippen LogP contribution is -2.24. The van der Waals surface area contributed by atoms with Gasteiger partial charge in [0.05, 0.1) is 0 Å². The molecule has 3 heteroatoms. The first-order valence-corrected chi connectivity index (χ1v) is 8.95. The first kappa shape index (κ1) is 20.9. The Morgan fingerprint density at radius 3 is 1.77 bits per heavy atom. The summed E-state index contributed by atoms with van der Waals surface area (Å²) in [6.07, 6.45) is 15.2. The zero-order valence-electron chi connectivity index (χ0n) is 14.6. The predicted molar refractivity (Wildman–Crippen MR) is 91.8 cm³/mol. The number of carbonyl (C=O) groups is 2. The van der Waals surface area contributed by atoms with E-state index in [0.717, 1.165) is 12.8 Å². The summed E-state index contributed by atoms with van der Waals surface area (Å²) in [7, 11) is 0. The van der Waals surface area contributed by atoms with Crippen LogP contribution in [0.3, 0.4) is 0 Å². The predicted octanol–water partition coefficient (Wildman–Crippen LogP) is 5.37. The molecular formula is C19H34O3. The number of esters is 1. The Morgan fingerprint density at radius 1 is 0.909 bits per heavy atom. The van der Waals surface area contributed by atoms with Crippen molar-refractivity contribution in [3.63, 3.8) is 0 Å². The number of hydrogen-bond donors (Lipinski definition) is 0. The maximum Gasteiger partial charge on any atom is 0.303 e. The molecule has 128 valence electrons. The maximum atomic E-state index is 11.6. The average Bonchev–Trinajstić information content (AvgIpc) is 2.50. The van der Waals surface area contributed by atoms with Crippen molar-refractivity contribution in [2.75, 3.05) is 0 Å². The highest BCUT2D eigenvalue weighted by atomic mass is 16.5. The van der Waals surface area contributed by atoms with E-state index < -0.39 is 12.1 Å². The van der Waals surface area contributed by atoms with Crippen LogP contribution in [0, 0.1) is 0 Å². The quantitative estimate of drug-likeness (QED) is 0.232. The zero-order chi connectivity index (χ0) is 16.6. The van der Waals surface area contributed by atoms with Crippen molar-refractivity contribution in [1.82, 2.24) is 0 Å². The van der Waals surface area contributed by atoms with Crippen LogP contribution in [0.25, 0.3) is 0 Å². The van der Waals surface area contributed by atoms with E-state index in [4.69, 9.17) is 4.74 Å². The molecule has 0 N–H and O–H groups in total. The van der Waals surface area contributed by atoms with Gasteiger partial charge in [0, 0.05) is 6.92 Å². The Hall–Kier alpha value is -1.12. The summed E-state index contributed by atoms with van der Waals surface area (Å²) in [5, 5.41) is 0. The summed E-state index contributed by atoms with van der Waals surface area (Å²) < 4.78 is 5.04. The first-order chi connectivity index (χ1) is 10.6. The molecule has 0 amide bonds. The molecule has 0 aromatic heterocycles. The van der Waals surface area contributed by atoms with Gasteiger partial charge in [-0.25, -0.2) is 0 Å². The van der Waals surface area contributed by atoms with E-state index in [1.54, 1.807) is 0 Å². The monoisotopic (exact) mass is 310 g/mol. The molecule has 0 heterocycles. The van der Waals surface area contributed by atoms with Crippen molar-refractivity contribution < 1.29 is 14.3 Å². The van der Waals surface area contributed by atoms with Gasteiger partial charge in [-0.3, -0.25) is 9.59 Å². The van der Waals surface area contributed by atoms with Gasteiger partial charge in [0.25, 0.3) is 0 Å². The van der Waals surface area contributed by atoms with Gasteiger partial charge in [0.1, 0.15) is 0 Å². The van der Waals surface area contributed by atoms with Gasteiger partial charge < -0.3 is 4.74 Å². The highest BCUT2D eigenvalue weighted by Crippen LogP contribution is 2.14. The van der Waals surface area contributed by atoms with Crippen molar-refractivity contribution >= 4 is 11.8 Å². The van der Waals surface area contributed by atoms with Crippen LogP contribution in [-0.2, 0) is 14.3 Å². The molecule has 1 unspecified atom stereocenters. The number of carbonyl (C=O) groups excluding carboxylic acids is 2. The molecule has 0 saturated carbocycles. The van der Waals surface area contributed by atoms with E-state index in [0.29, 0.717) is 6.42 Å². The molecule has 0 radical (unpaired) electrons. The van der Waals surface area contributed by atoms with Crippen LogP contribution in [0.1, 0.15) is 90.9 Å². The van der Waals surface area contributed by atoms with Gasteiger partial charge in [0.15, 0.2) is 11.9 Å². The van der Waals surface area contributed by atoms with Crippen LogP contribution < -0.4 is 0 Å². The number of rotatable bonds is 15. The molecular weight excluding hydrogens is 276 g/mol. The second kappa shape index (κ2) is 14.8. The van der Waals surface area contributed by atoms with Gasteiger partial charge in [0.2, 0.25) is 0 Å². The standard InChI is InChI=1S/C19H34O3/c1-4-6-7-8-9-10-11-12-13-14-15-16-19(18(21)5-2)22-17(3)20/h5,19H,2,4,6-16H2,1,3H3. The largest absolute Gasteiger partial charge is 0.454 e. The minimum atomic E-state index is -0.631. The van der Waals surface area contributed by atoms with Gasteiger partial charge in [-0.15, -0.1) is 0 Å². The molecule has 0 fully saturated rings. The fourth-order valence-electron chi connectivity index (χ4n) is 2.58. The molecule has 0 saturated heterocycles. The number of hydrogen-bond acceptors (Lipinski definition) is 3. The Labute approximate surface area is 136 Å². The van der Waals surface area contributed by atoms with E-state index in [9.17, 15) is 9.59 Å². The van der Waals surface area contributed by atoms with Crippen LogP contribution in [0.15, 0.2) is 12.7 Å². The average molecular weight is 310 g/mol. The summed E-state index contributed by atoms with van der Waals surface area (Å²) in [5.41, 5.74) is 0. The van der Waals surface area contributed by atoms with E-state index in [-0.39, 0.29) is 5.78 Å². The molecule has 0 aromatic carbocycles. The van der Waals surface area contributed by atoms with Crippen molar-refractivity contribution in [3.05, 3.63) is 12.7 Å². The molecule has 0 aliphatic carbocycles. The normalized spacial score (nSPS) is 11.9. The number of unbranched alkanes of at least 4 members (excludes halogenated alkanes) is 10. The lowest BCUT2D eigenvalue weighted by molar-refractivity contribution is -0.151. The van der Waals surface area contributed by atoms with E-state index in [1.807, 2.05) is 0 Å². The van der Waals surface area contributed by atoms with Crippen LogP contribution in [-0.4, -0.2) is 17.9 Å². The second-order valence-electron chi connectivity index (χ2n) is 6.03. The van der Waals surface area contributed by atoms with Gasteiger partial charge in [-0.2, -0.15) is 0 Å². The molecule has 3 nitrogen and oxygen atoms in total. The summed E-state index contributed by atoms with van der Waals surface area (Å²) in [6, 6.07) is 0. The highest BCUT2D eigenvalue weighted by Gasteiger charge is 2.17. The SMILES string of the molecule is C=CC(=O)C(CCCCCCCCCCCCC)OC(C)=O.